The minimum absolute atomic E-state index is 0.0488. The van der Waals surface area contributed by atoms with E-state index in [2.05, 4.69) is 5.32 Å². The molecule has 1 fully saturated rings. The van der Waals surface area contributed by atoms with Gasteiger partial charge in [0.1, 0.15) is 6.04 Å². The van der Waals surface area contributed by atoms with Gasteiger partial charge in [-0.15, -0.1) is 0 Å². The number of nitrogens with zero attached hydrogens (tertiary/aromatic N) is 1. The third-order valence-electron chi connectivity index (χ3n) is 2.06. The second-order valence-electron chi connectivity index (χ2n) is 2.96. The summed E-state index contributed by atoms with van der Waals surface area (Å²) in [5.74, 6) is -0.0843. The molecule has 1 rings (SSSR count). The summed E-state index contributed by atoms with van der Waals surface area (Å²) < 4.78 is 0. The summed E-state index contributed by atoms with van der Waals surface area (Å²) in [6, 6.07) is -0.276. The fourth-order valence-corrected chi connectivity index (χ4v) is 1.43. The Bertz CT molecular complexity index is 203. The fraction of sp³-hybridized carbons (Fsp3) is 0.750. The lowest BCUT2D eigenvalue weighted by Gasteiger charge is -2.13. The molecule has 1 atom stereocenters. The van der Waals surface area contributed by atoms with Crippen molar-refractivity contribution < 1.29 is 9.59 Å². The van der Waals surface area contributed by atoms with Crippen molar-refractivity contribution in [1.82, 2.24) is 10.2 Å². The molecule has 0 unspecified atom stereocenters. The molecule has 4 heteroatoms. The van der Waals surface area contributed by atoms with Crippen LogP contribution in [0.4, 0.5) is 0 Å². The highest BCUT2D eigenvalue weighted by Crippen LogP contribution is 2.09. The molecule has 1 heterocycles. The van der Waals surface area contributed by atoms with Crippen LogP contribution < -0.4 is 5.32 Å². The molecule has 0 aromatic rings. The van der Waals surface area contributed by atoms with Crippen molar-refractivity contribution in [1.29, 1.82) is 0 Å². The molecule has 68 valence electrons. The Morgan fingerprint density at radius 3 is 2.83 bits per heavy atom. The van der Waals surface area contributed by atoms with Crippen LogP contribution in [0.15, 0.2) is 0 Å². The van der Waals surface area contributed by atoms with E-state index in [9.17, 15) is 9.59 Å². The smallest absolute Gasteiger partial charge is 0.245 e. The summed E-state index contributed by atoms with van der Waals surface area (Å²) in [4.78, 5) is 23.8. The van der Waals surface area contributed by atoms with E-state index in [-0.39, 0.29) is 17.9 Å². The maximum atomic E-state index is 11.4. The molecule has 1 saturated heterocycles. The van der Waals surface area contributed by atoms with Crippen LogP contribution >= 0.6 is 0 Å². The van der Waals surface area contributed by atoms with E-state index in [4.69, 9.17) is 0 Å². The third-order valence-corrected chi connectivity index (χ3v) is 2.06. The molecule has 2 amide bonds. The van der Waals surface area contributed by atoms with Crippen LogP contribution in [-0.2, 0) is 9.59 Å². The SMILES string of the molecule is CCN1CC[C@H](NC(C)=O)C1=O. The lowest BCUT2D eigenvalue weighted by molar-refractivity contribution is -0.132. The van der Waals surface area contributed by atoms with Crippen molar-refractivity contribution in [3.63, 3.8) is 0 Å². The molecular weight excluding hydrogens is 156 g/mol. The fourth-order valence-electron chi connectivity index (χ4n) is 1.43. The van der Waals surface area contributed by atoms with Gasteiger partial charge < -0.3 is 10.2 Å². The van der Waals surface area contributed by atoms with E-state index in [0.717, 1.165) is 19.5 Å². The van der Waals surface area contributed by atoms with Crippen LogP contribution in [0.25, 0.3) is 0 Å². The van der Waals surface area contributed by atoms with Gasteiger partial charge in [-0.3, -0.25) is 9.59 Å². The first-order chi connectivity index (χ1) is 5.65. The van der Waals surface area contributed by atoms with Crippen molar-refractivity contribution in [2.75, 3.05) is 13.1 Å². The molecule has 0 bridgehead atoms. The topological polar surface area (TPSA) is 49.4 Å². The van der Waals surface area contributed by atoms with Gasteiger partial charge in [-0.1, -0.05) is 0 Å². The lowest BCUT2D eigenvalue weighted by Crippen LogP contribution is -2.40. The van der Waals surface area contributed by atoms with Gasteiger partial charge in [-0.2, -0.15) is 0 Å². The predicted molar refractivity (Wildman–Crippen MR) is 44.5 cm³/mol. The third kappa shape index (κ3) is 1.75. The highest BCUT2D eigenvalue weighted by atomic mass is 16.2. The van der Waals surface area contributed by atoms with Crippen molar-refractivity contribution in [3.8, 4) is 0 Å². The molecule has 0 radical (unpaired) electrons. The molecule has 12 heavy (non-hydrogen) atoms. The van der Waals surface area contributed by atoms with Gasteiger partial charge >= 0.3 is 0 Å². The Morgan fingerprint density at radius 2 is 2.42 bits per heavy atom. The molecule has 1 aliphatic heterocycles. The van der Waals surface area contributed by atoms with Crippen LogP contribution in [0.3, 0.4) is 0 Å². The number of rotatable bonds is 2. The van der Waals surface area contributed by atoms with Crippen LogP contribution in [0.2, 0.25) is 0 Å². The number of likely N-dealkylation sites (tertiary alicyclic amines) is 1. The van der Waals surface area contributed by atoms with Crippen molar-refractivity contribution in [3.05, 3.63) is 0 Å². The van der Waals surface area contributed by atoms with Gasteiger partial charge in [0.25, 0.3) is 0 Å². The van der Waals surface area contributed by atoms with Crippen molar-refractivity contribution in [2.45, 2.75) is 26.3 Å². The number of carbonyl (C=O) groups excluding carboxylic acids is 2. The summed E-state index contributed by atoms with van der Waals surface area (Å²) in [7, 11) is 0. The second kappa shape index (κ2) is 3.56. The molecule has 4 nitrogen and oxygen atoms in total. The van der Waals surface area contributed by atoms with Gasteiger partial charge in [0.05, 0.1) is 0 Å². The Morgan fingerprint density at radius 1 is 1.75 bits per heavy atom. The summed E-state index contributed by atoms with van der Waals surface area (Å²) in [6.45, 7) is 4.87. The van der Waals surface area contributed by atoms with E-state index < -0.39 is 0 Å². The molecule has 0 aromatic heterocycles. The number of likely N-dealkylation sites (N-methyl/N-ethyl adjacent to an activating group) is 1. The van der Waals surface area contributed by atoms with E-state index in [1.807, 2.05) is 6.92 Å². The summed E-state index contributed by atoms with van der Waals surface area (Å²) in [5, 5.41) is 2.63. The Hall–Kier alpha value is -1.06. The summed E-state index contributed by atoms with van der Waals surface area (Å²) in [5.41, 5.74) is 0. The molecule has 1 N–H and O–H groups in total. The van der Waals surface area contributed by atoms with Gasteiger partial charge in [-0.25, -0.2) is 0 Å². The van der Waals surface area contributed by atoms with Gasteiger partial charge in [-0.05, 0) is 13.3 Å². The number of carbonyl (C=O) groups is 2. The monoisotopic (exact) mass is 170 g/mol. The van der Waals surface area contributed by atoms with Crippen LogP contribution in [0, 0.1) is 0 Å². The zero-order chi connectivity index (χ0) is 9.14. The zero-order valence-corrected chi connectivity index (χ0v) is 7.46. The zero-order valence-electron chi connectivity index (χ0n) is 7.46. The van der Waals surface area contributed by atoms with E-state index in [0.29, 0.717) is 0 Å². The van der Waals surface area contributed by atoms with Crippen LogP contribution in [-0.4, -0.2) is 35.8 Å². The molecule has 0 saturated carbocycles. The Balaban J connectivity index is 2.49. The van der Waals surface area contributed by atoms with E-state index in [1.165, 1.54) is 6.92 Å². The van der Waals surface area contributed by atoms with Crippen molar-refractivity contribution >= 4 is 11.8 Å². The molecule has 0 aliphatic carbocycles. The highest BCUT2D eigenvalue weighted by molar-refractivity contribution is 5.88. The largest absolute Gasteiger partial charge is 0.344 e. The van der Waals surface area contributed by atoms with Gasteiger partial charge in [0.2, 0.25) is 11.8 Å². The first kappa shape index (κ1) is 9.03. The van der Waals surface area contributed by atoms with E-state index in [1.54, 1.807) is 4.90 Å². The lowest BCUT2D eigenvalue weighted by atomic mass is 10.2. The second-order valence-corrected chi connectivity index (χ2v) is 2.96. The minimum atomic E-state index is -0.276. The van der Waals surface area contributed by atoms with Crippen LogP contribution in [0.1, 0.15) is 20.3 Å². The van der Waals surface area contributed by atoms with Crippen LogP contribution in [0.5, 0.6) is 0 Å². The molecule has 1 aliphatic rings. The highest BCUT2D eigenvalue weighted by Gasteiger charge is 2.30. The minimum Gasteiger partial charge on any atom is -0.344 e. The Kier molecular flexibility index (Phi) is 2.68. The standard InChI is InChI=1S/C8H14N2O2/c1-3-10-5-4-7(8(10)12)9-6(2)11/h7H,3-5H2,1-2H3,(H,9,11)/t7-/m0/s1. The number of nitrogens with one attached hydrogen (secondary N) is 1. The summed E-state index contributed by atoms with van der Waals surface area (Å²) in [6.07, 6.45) is 0.742. The number of amides is 2. The summed E-state index contributed by atoms with van der Waals surface area (Å²) >= 11 is 0. The normalized spacial score (nSPS) is 23.0. The van der Waals surface area contributed by atoms with E-state index >= 15 is 0 Å². The van der Waals surface area contributed by atoms with Crippen molar-refractivity contribution in [2.24, 2.45) is 0 Å². The molecule has 0 aromatic carbocycles. The number of hydrogen-bond acceptors (Lipinski definition) is 2. The molecule has 0 spiro atoms. The predicted octanol–water partition coefficient (Wildman–Crippen LogP) is -0.257. The van der Waals surface area contributed by atoms with Gasteiger partial charge in [0, 0.05) is 20.0 Å². The molecular formula is C8H14N2O2. The first-order valence-electron chi connectivity index (χ1n) is 4.21. The Labute approximate surface area is 71.9 Å². The average molecular weight is 170 g/mol. The first-order valence-corrected chi connectivity index (χ1v) is 4.21. The maximum absolute atomic E-state index is 11.4. The average Bonchev–Trinajstić information content (AvgIpc) is 2.32. The van der Waals surface area contributed by atoms with Gasteiger partial charge in [0.15, 0.2) is 0 Å². The number of hydrogen-bond donors (Lipinski definition) is 1. The quantitative estimate of drug-likeness (QED) is 0.621. The maximum Gasteiger partial charge on any atom is 0.245 e.